The van der Waals surface area contributed by atoms with Crippen molar-refractivity contribution >= 4 is 46.4 Å². The minimum Gasteiger partial charge on any atom is -0.393 e. The molecule has 0 aromatic heterocycles. The number of anilines is 4. The highest BCUT2D eigenvalue weighted by molar-refractivity contribution is 5.90. The molecule has 8 saturated carbocycles. The van der Waals surface area contributed by atoms with E-state index in [0.29, 0.717) is 71.3 Å². The highest BCUT2D eigenvalue weighted by Crippen LogP contribution is 2.61. The second kappa shape index (κ2) is 17.0. The lowest BCUT2D eigenvalue weighted by Gasteiger charge is -2.61. The number of aliphatic hydroxyl groups excluding tert-OH is 2. The molecule has 8 bridgehead atoms. The van der Waals surface area contributed by atoms with E-state index in [9.17, 15) is 38.2 Å². The van der Waals surface area contributed by atoms with Gasteiger partial charge < -0.3 is 40.4 Å². The van der Waals surface area contributed by atoms with Gasteiger partial charge in [0.1, 0.15) is 11.6 Å². The summed E-state index contributed by atoms with van der Waals surface area (Å²) >= 11 is 0. The number of nitrogens with zero attached hydrogens (tertiary/aromatic N) is 4. The SMILES string of the molecule is C.CC(=O)Nc1ccc(N2CCCC3(CCN(C45CC6CC(C4)C(O)C(C6)C5)C3=O)C2)c(F)c1.CC(=O)Nc1ccc(N2CCCC3(CCN(C45CC6CC(C4)C(O)C(C6)C5)C3=O)C2)c(F)c1. The van der Waals surface area contributed by atoms with Gasteiger partial charge in [0.05, 0.1) is 34.4 Å². The van der Waals surface area contributed by atoms with Crippen LogP contribution in [0.4, 0.5) is 31.5 Å². The van der Waals surface area contributed by atoms with Gasteiger partial charge >= 0.3 is 0 Å². The number of hydrogen-bond acceptors (Lipinski definition) is 8. The molecule has 14 rings (SSSR count). The van der Waals surface area contributed by atoms with Crippen LogP contribution in [0.25, 0.3) is 0 Å². The average Bonchev–Trinajstić information content (AvgIpc) is 3.75. The zero-order chi connectivity index (χ0) is 45.9. The lowest BCUT2D eigenvalue weighted by Crippen LogP contribution is -2.65. The molecule has 4 N–H and O–H groups in total. The third-order valence-corrected chi connectivity index (χ3v) is 18.9. The number of halogens is 2. The summed E-state index contributed by atoms with van der Waals surface area (Å²) in [7, 11) is 0. The van der Waals surface area contributed by atoms with Crippen LogP contribution in [0.1, 0.15) is 124 Å². The second-order valence-corrected chi connectivity index (χ2v) is 23.1. The molecule has 67 heavy (non-hydrogen) atoms. The third-order valence-electron chi connectivity index (χ3n) is 18.9. The molecular weight excluding hydrogens is 855 g/mol. The Morgan fingerprint density at radius 3 is 1.30 bits per heavy atom. The van der Waals surface area contributed by atoms with Crippen LogP contribution >= 0.6 is 0 Å². The molecule has 6 unspecified atom stereocenters. The number of aliphatic hydroxyl groups is 2. The first-order valence-electron chi connectivity index (χ1n) is 25.2. The number of amides is 4. The molecule has 4 saturated heterocycles. The van der Waals surface area contributed by atoms with Crippen molar-refractivity contribution in [3.63, 3.8) is 0 Å². The Hall–Kier alpha value is -4.30. The summed E-state index contributed by atoms with van der Waals surface area (Å²) in [6.45, 7) is 6.95. The van der Waals surface area contributed by atoms with E-state index < -0.39 is 10.8 Å². The first kappa shape index (κ1) is 46.4. The molecule has 4 amide bonds. The fraction of sp³-hybridized carbons (Fsp3) is 0.698. The van der Waals surface area contributed by atoms with Crippen LogP contribution < -0.4 is 20.4 Å². The number of hydrogen-bond donors (Lipinski definition) is 4. The molecule has 364 valence electrons. The Morgan fingerprint density at radius 2 is 0.955 bits per heavy atom. The van der Waals surface area contributed by atoms with E-state index in [2.05, 4.69) is 20.4 Å². The van der Waals surface area contributed by atoms with Crippen LogP contribution in [0.15, 0.2) is 36.4 Å². The van der Waals surface area contributed by atoms with Crippen LogP contribution in [0.2, 0.25) is 0 Å². The summed E-state index contributed by atoms with van der Waals surface area (Å²) in [4.78, 5) is 59.1. The fourth-order valence-electron chi connectivity index (χ4n) is 16.6. The highest BCUT2D eigenvalue weighted by atomic mass is 19.1. The number of benzene rings is 2. The minimum atomic E-state index is -0.442. The van der Waals surface area contributed by atoms with Gasteiger partial charge in [-0.2, -0.15) is 0 Å². The van der Waals surface area contributed by atoms with E-state index in [1.54, 1.807) is 24.3 Å². The topological polar surface area (TPSA) is 146 Å². The summed E-state index contributed by atoms with van der Waals surface area (Å²) in [5.74, 6) is 2.02. The predicted octanol–water partition coefficient (Wildman–Crippen LogP) is 7.72. The monoisotopic (exact) mass is 927 g/mol. The highest BCUT2D eigenvalue weighted by Gasteiger charge is 2.64. The summed E-state index contributed by atoms with van der Waals surface area (Å²) in [5.41, 5.74) is 0.893. The predicted molar refractivity (Wildman–Crippen MR) is 253 cm³/mol. The van der Waals surface area contributed by atoms with E-state index in [1.165, 1.54) is 26.0 Å². The Morgan fingerprint density at radius 1 is 0.582 bits per heavy atom. The first-order chi connectivity index (χ1) is 31.6. The van der Waals surface area contributed by atoms with Gasteiger partial charge in [-0.05, 0) is 175 Å². The van der Waals surface area contributed by atoms with Crippen molar-refractivity contribution in [2.45, 2.75) is 147 Å². The smallest absolute Gasteiger partial charge is 0.231 e. The van der Waals surface area contributed by atoms with Gasteiger partial charge in [0.2, 0.25) is 23.6 Å². The number of carbonyl (C=O) groups excluding carboxylic acids is 4. The second-order valence-electron chi connectivity index (χ2n) is 23.1. The molecule has 12 nitrogen and oxygen atoms in total. The standard InChI is InChI=1S/2C26H34FN3O3.CH4/c2*1-16(31)28-20-3-4-22(21(27)11-20)29-7-2-5-25(15-29)6-8-30(24(25)33)26-12-17-9-18(13-26)23(32)19(10-17)14-26;/h2*3-4,11,17-19,23,32H,2,5-10,12-15H2,1H3,(H,28,31);1H4. The maximum Gasteiger partial charge on any atom is 0.231 e. The van der Waals surface area contributed by atoms with Gasteiger partial charge in [-0.1, -0.05) is 7.43 Å². The van der Waals surface area contributed by atoms with Crippen molar-refractivity contribution in [2.75, 3.05) is 59.7 Å². The van der Waals surface area contributed by atoms with Crippen LogP contribution in [-0.4, -0.2) is 106 Å². The van der Waals surface area contributed by atoms with E-state index in [-0.39, 0.29) is 66.0 Å². The van der Waals surface area contributed by atoms with E-state index in [1.807, 2.05) is 9.80 Å². The number of rotatable bonds is 6. The molecule has 8 aliphatic carbocycles. The summed E-state index contributed by atoms with van der Waals surface area (Å²) in [6, 6.07) is 9.62. The first-order valence-corrected chi connectivity index (χ1v) is 25.2. The molecule has 4 heterocycles. The number of likely N-dealkylation sites (tertiary alicyclic amines) is 2. The molecule has 2 spiro atoms. The van der Waals surface area contributed by atoms with Gasteiger partial charge in [-0.3, -0.25) is 19.2 Å². The van der Waals surface area contributed by atoms with Crippen LogP contribution in [0.5, 0.6) is 0 Å². The third kappa shape index (κ3) is 7.82. The Kier molecular flexibility index (Phi) is 11.8. The van der Waals surface area contributed by atoms with Crippen molar-refractivity contribution < 1.29 is 38.2 Å². The fourth-order valence-corrected chi connectivity index (χ4v) is 16.6. The van der Waals surface area contributed by atoms with Gasteiger partial charge in [0, 0.05) is 75.6 Å². The number of piperidine rings is 2. The maximum atomic E-state index is 15.0. The zero-order valence-electron chi connectivity index (χ0n) is 38.7. The van der Waals surface area contributed by atoms with E-state index in [0.717, 1.165) is 129 Å². The molecule has 12 aliphatic rings. The average molecular weight is 927 g/mol. The molecule has 2 aromatic rings. The van der Waals surface area contributed by atoms with E-state index in [4.69, 9.17) is 0 Å². The van der Waals surface area contributed by atoms with Gasteiger partial charge in [0.15, 0.2) is 0 Å². The summed E-state index contributed by atoms with van der Waals surface area (Å²) < 4.78 is 29.9. The van der Waals surface area contributed by atoms with Crippen molar-refractivity contribution in [3.05, 3.63) is 48.0 Å². The van der Waals surface area contributed by atoms with Gasteiger partial charge in [0.25, 0.3) is 0 Å². The van der Waals surface area contributed by atoms with Crippen molar-refractivity contribution in [1.29, 1.82) is 0 Å². The molecule has 12 fully saturated rings. The summed E-state index contributed by atoms with van der Waals surface area (Å²) in [5, 5.41) is 26.6. The molecule has 2 aromatic carbocycles. The lowest BCUT2D eigenvalue weighted by atomic mass is 9.51. The molecular formula is C53H72F2N6O6. The zero-order valence-corrected chi connectivity index (χ0v) is 38.7. The number of nitrogens with one attached hydrogen (secondary N) is 2. The van der Waals surface area contributed by atoms with Crippen molar-refractivity contribution in [2.24, 2.45) is 46.3 Å². The number of carbonyl (C=O) groups is 4. The normalized spacial score (nSPS) is 39.0. The van der Waals surface area contributed by atoms with Crippen LogP contribution in [-0.2, 0) is 19.2 Å². The quantitative estimate of drug-likeness (QED) is 0.231. The summed E-state index contributed by atoms with van der Waals surface area (Å²) in [6.07, 6.45) is 15.2. The van der Waals surface area contributed by atoms with E-state index >= 15 is 0 Å². The van der Waals surface area contributed by atoms with Crippen LogP contribution in [0.3, 0.4) is 0 Å². The van der Waals surface area contributed by atoms with Gasteiger partial charge in [-0.15, -0.1) is 0 Å². The van der Waals surface area contributed by atoms with Crippen molar-refractivity contribution in [1.82, 2.24) is 9.80 Å². The Bertz CT molecular complexity index is 2120. The Balaban J connectivity index is 0.000000154. The minimum absolute atomic E-state index is 0. The van der Waals surface area contributed by atoms with Gasteiger partial charge in [-0.25, -0.2) is 8.78 Å². The Labute approximate surface area is 394 Å². The lowest BCUT2D eigenvalue weighted by molar-refractivity contribution is -0.168. The maximum absolute atomic E-state index is 15.0. The van der Waals surface area contributed by atoms with Crippen LogP contribution in [0, 0.1) is 58.0 Å². The molecule has 14 heteroatoms. The molecule has 4 aliphatic heterocycles. The van der Waals surface area contributed by atoms with Crippen molar-refractivity contribution in [3.8, 4) is 0 Å². The molecule has 0 radical (unpaired) electrons. The largest absolute Gasteiger partial charge is 0.393 e. The molecule has 6 atom stereocenters.